The molecule has 0 aliphatic carbocycles. The fraction of sp³-hybridized carbons (Fsp3) is 0.316. The van der Waals surface area contributed by atoms with E-state index in [1.807, 2.05) is 24.3 Å². The van der Waals surface area contributed by atoms with Gasteiger partial charge < -0.3 is 0 Å². The zero-order chi connectivity index (χ0) is 17.8. The number of nitrogens with zero attached hydrogens (tertiary/aromatic N) is 6. The minimum Gasteiger partial charge on any atom is -0.297 e. The van der Waals surface area contributed by atoms with Gasteiger partial charge in [0.05, 0.1) is 0 Å². The summed E-state index contributed by atoms with van der Waals surface area (Å²) in [5.74, 6) is 0.607. The number of tetrazole rings is 1. The van der Waals surface area contributed by atoms with Crippen LogP contribution < -0.4 is 0 Å². The van der Waals surface area contributed by atoms with Gasteiger partial charge in [-0.1, -0.05) is 54.1 Å². The molecular formula is C19H21ClN6. The van der Waals surface area contributed by atoms with Crippen molar-refractivity contribution in [2.75, 3.05) is 26.2 Å². The van der Waals surface area contributed by atoms with E-state index < -0.39 is 0 Å². The highest BCUT2D eigenvalue weighted by atomic mass is 35.5. The second kappa shape index (κ2) is 7.95. The molecule has 6 nitrogen and oxygen atoms in total. The summed E-state index contributed by atoms with van der Waals surface area (Å²) in [6.07, 6.45) is 0. The molecule has 0 unspecified atom stereocenters. The van der Waals surface area contributed by atoms with Crippen LogP contribution in [0.15, 0.2) is 54.6 Å². The maximum Gasteiger partial charge on any atom is 0.205 e. The minimum absolute atomic E-state index is 0.607. The maximum absolute atomic E-state index is 6.03. The third-order valence-electron chi connectivity index (χ3n) is 4.58. The van der Waals surface area contributed by atoms with Crippen molar-refractivity contribution in [2.45, 2.75) is 13.2 Å². The summed E-state index contributed by atoms with van der Waals surface area (Å²) in [4.78, 5) is 6.49. The van der Waals surface area contributed by atoms with E-state index in [4.69, 9.17) is 11.6 Å². The zero-order valence-corrected chi connectivity index (χ0v) is 15.3. The zero-order valence-electron chi connectivity index (χ0n) is 14.5. The summed E-state index contributed by atoms with van der Waals surface area (Å²) in [5, 5.41) is 13.5. The van der Waals surface area contributed by atoms with Crippen LogP contribution in [0, 0.1) is 0 Å². The highest BCUT2D eigenvalue weighted by Gasteiger charge is 2.18. The van der Waals surface area contributed by atoms with Crippen LogP contribution in [-0.4, -0.2) is 56.2 Å². The first-order chi connectivity index (χ1) is 12.8. The normalized spacial score (nSPS) is 16.0. The Balaban J connectivity index is 1.31. The van der Waals surface area contributed by atoms with Gasteiger partial charge in [0.15, 0.2) is 0 Å². The molecule has 0 spiro atoms. The molecule has 0 saturated carbocycles. The van der Waals surface area contributed by atoms with Crippen LogP contribution in [0.5, 0.6) is 0 Å². The Bertz CT molecular complexity index is 842. The summed E-state index contributed by atoms with van der Waals surface area (Å²) in [6.45, 7) is 5.76. The summed E-state index contributed by atoms with van der Waals surface area (Å²) < 4.78 is 0. The van der Waals surface area contributed by atoms with Crippen LogP contribution in [-0.2, 0) is 13.2 Å². The van der Waals surface area contributed by atoms with Crippen molar-refractivity contribution >= 4 is 11.6 Å². The molecule has 4 rings (SSSR count). The van der Waals surface area contributed by atoms with Gasteiger partial charge in [0, 0.05) is 43.3 Å². The third-order valence-corrected chi connectivity index (χ3v) is 4.81. The standard InChI is InChI=1S/C19H21ClN6/c20-18-8-4-7-17(13-18)19-21-23-26(22-19)15-25-11-9-24(10-12-25)14-16-5-2-1-3-6-16/h1-8,13H,9-12,14-15H2. The summed E-state index contributed by atoms with van der Waals surface area (Å²) >= 11 is 6.03. The molecule has 0 atom stereocenters. The van der Waals surface area contributed by atoms with E-state index in [-0.39, 0.29) is 0 Å². The molecule has 3 aromatic rings. The second-order valence-corrected chi connectivity index (χ2v) is 6.95. The van der Waals surface area contributed by atoms with Gasteiger partial charge in [0.1, 0.15) is 6.67 Å². The van der Waals surface area contributed by atoms with Crippen LogP contribution in [0.1, 0.15) is 5.56 Å². The van der Waals surface area contributed by atoms with Gasteiger partial charge in [-0.3, -0.25) is 9.80 Å². The fourth-order valence-electron chi connectivity index (χ4n) is 3.16. The SMILES string of the molecule is Clc1cccc(-c2nnn(CN3CCN(Cc4ccccc4)CC3)n2)c1. The van der Waals surface area contributed by atoms with E-state index in [1.165, 1.54) is 5.56 Å². The molecule has 7 heteroatoms. The van der Waals surface area contributed by atoms with Gasteiger partial charge in [-0.15, -0.1) is 15.0 Å². The summed E-state index contributed by atoms with van der Waals surface area (Å²) in [7, 11) is 0. The Hall–Kier alpha value is -2.28. The number of hydrogen-bond acceptors (Lipinski definition) is 5. The number of halogens is 1. The lowest BCUT2D eigenvalue weighted by atomic mass is 10.2. The summed E-state index contributed by atoms with van der Waals surface area (Å²) in [6, 6.07) is 18.1. The molecule has 0 radical (unpaired) electrons. The minimum atomic E-state index is 0.607. The van der Waals surface area contributed by atoms with Gasteiger partial charge >= 0.3 is 0 Å². The highest BCUT2D eigenvalue weighted by Crippen LogP contribution is 2.18. The van der Waals surface area contributed by atoms with Gasteiger partial charge in [-0.25, -0.2) is 0 Å². The van der Waals surface area contributed by atoms with E-state index in [1.54, 1.807) is 4.80 Å². The molecule has 1 aliphatic rings. The third kappa shape index (κ3) is 4.27. The second-order valence-electron chi connectivity index (χ2n) is 6.52. The van der Waals surface area contributed by atoms with Crippen LogP contribution in [0.25, 0.3) is 11.4 Å². The van der Waals surface area contributed by atoms with Gasteiger partial charge in [0.2, 0.25) is 5.82 Å². The predicted octanol–water partition coefficient (Wildman–Crippen LogP) is 2.77. The van der Waals surface area contributed by atoms with Crippen molar-refractivity contribution in [2.24, 2.45) is 0 Å². The molecule has 1 fully saturated rings. The topological polar surface area (TPSA) is 50.1 Å². The van der Waals surface area contributed by atoms with Crippen LogP contribution in [0.2, 0.25) is 5.02 Å². The largest absolute Gasteiger partial charge is 0.297 e. The average Bonchev–Trinajstić information content (AvgIpc) is 3.13. The molecule has 0 bridgehead atoms. The Morgan fingerprint density at radius 1 is 0.885 bits per heavy atom. The fourth-order valence-corrected chi connectivity index (χ4v) is 3.35. The quantitative estimate of drug-likeness (QED) is 0.693. The van der Waals surface area contributed by atoms with E-state index in [0.29, 0.717) is 17.5 Å². The summed E-state index contributed by atoms with van der Waals surface area (Å²) in [5.41, 5.74) is 2.25. The first-order valence-electron chi connectivity index (χ1n) is 8.79. The van der Waals surface area contributed by atoms with Gasteiger partial charge in [-0.05, 0) is 22.9 Å². The van der Waals surface area contributed by atoms with E-state index >= 15 is 0 Å². The number of rotatable bonds is 5. The first kappa shape index (κ1) is 17.1. The van der Waals surface area contributed by atoms with Crippen molar-refractivity contribution < 1.29 is 0 Å². The lowest BCUT2D eigenvalue weighted by Gasteiger charge is -2.34. The average molecular weight is 369 g/mol. The highest BCUT2D eigenvalue weighted by molar-refractivity contribution is 6.30. The first-order valence-corrected chi connectivity index (χ1v) is 9.16. The molecule has 2 heterocycles. The molecule has 0 N–H and O–H groups in total. The number of hydrogen-bond donors (Lipinski definition) is 0. The lowest BCUT2D eigenvalue weighted by Crippen LogP contribution is -2.46. The van der Waals surface area contributed by atoms with Crippen molar-refractivity contribution in [1.29, 1.82) is 0 Å². The van der Waals surface area contributed by atoms with Crippen molar-refractivity contribution in [3.63, 3.8) is 0 Å². The number of aromatic nitrogens is 4. The molecule has 2 aromatic carbocycles. The monoisotopic (exact) mass is 368 g/mol. The molecule has 26 heavy (non-hydrogen) atoms. The van der Waals surface area contributed by atoms with E-state index in [0.717, 1.165) is 38.3 Å². The molecule has 1 aromatic heterocycles. The number of piperazine rings is 1. The van der Waals surface area contributed by atoms with Gasteiger partial charge in [-0.2, -0.15) is 0 Å². The Labute approximate surface area is 158 Å². The molecule has 1 saturated heterocycles. The number of benzene rings is 2. The van der Waals surface area contributed by atoms with Crippen molar-refractivity contribution in [1.82, 2.24) is 30.0 Å². The van der Waals surface area contributed by atoms with Crippen LogP contribution >= 0.6 is 11.6 Å². The van der Waals surface area contributed by atoms with Crippen LogP contribution in [0.3, 0.4) is 0 Å². The molecule has 134 valence electrons. The Morgan fingerprint density at radius 3 is 2.42 bits per heavy atom. The van der Waals surface area contributed by atoms with E-state index in [2.05, 4.69) is 55.5 Å². The van der Waals surface area contributed by atoms with Gasteiger partial charge in [0.25, 0.3) is 0 Å². The Morgan fingerprint density at radius 2 is 1.65 bits per heavy atom. The van der Waals surface area contributed by atoms with Crippen molar-refractivity contribution in [3.05, 3.63) is 65.2 Å². The lowest BCUT2D eigenvalue weighted by molar-refractivity contribution is 0.0930. The Kier molecular flexibility index (Phi) is 5.24. The van der Waals surface area contributed by atoms with Crippen molar-refractivity contribution in [3.8, 4) is 11.4 Å². The molecule has 0 amide bonds. The predicted molar refractivity (Wildman–Crippen MR) is 102 cm³/mol. The van der Waals surface area contributed by atoms with E-state index in [9.17, 15) is 0 Å². The molecule has 1 aliphatic heterocycles. The maximum atomic E-state index is 6.03. The molecular weight excluding hydrogens is 348 g/mol. The smallest absolute Gasteiger partial charge is 0.205 e. The van der Waals surface area contributed by atoms with Crippen LogP contribution in [0.4, 0.5) is 0 Å².